The number of esters is 3. The third-order valence-electron chi connectivity index (χ3n) is 14.4. The number of unbranched alkanes of at least 4 members (excludes halogenated alkanes) is 33. The van der Waals surface area contributed by atoms with Gasteiger partial charge in [0.15, 0.2) is 6.10 Å². The number of carbonyl (C=O) groups is 3. The van der Waals surface area contributed by atoms with Gasteiger partial charge in [0.05, 0.1) is 0 Å². The Labute approximate surface area is 483 Å². The van der Waals surface area contributed by atoms with Gasteiger partial charge >= 0.3 is 17.9 Å². The molecule has 0 radical (unpaired) electrons. The molecule has 0 rings (SSSR count). The molecule has 0 bridgehead atoms. The van der Waals surface area contributed by atoms with Crippen LogP contribution < -0.4 is 0 Å². The molecule has 0 heterocycles. The summed E-state index contributed by atoms with van der Waals surface area (Å²) in [6, 6.07) is 0. The number of hydrogen-bond acceptors (Lipinski definition) is 6. The topological polar surface area (TPSA) is 78.9 Å². The Morgan fingerprint density at radius 3 is 0.782 bits per heavy atom. The van der Waals surface area contributed by atoms with Crippen molar-refractivity contribution in [3.8, 4) is 0 Å². The second-order valence-corrected chi connectivity index (χ2v) is 22.0. The van der Waals surface area contributed by atoms with Crippen molar-refractivity contribution < 1.29 is 28.6 Å². The van der Waals surface area contributed by atoms with Gasteiger partial charge < -0.3 is 14.2 Å². The van der Waals surface area contributed by atoms with Gasteiger partial charge in [-0.15, -0.1) is 0 Å². The van der Waals surface area contributed by atoms with Crippen LogP contribution in [0.3, 0.4) is 0 Å². The van der Waals surface area contributed by atoms with Crippen molar-refractivity contribution in [1.29, 1.82) is 0 Å². The van der Waals surface area contributed by atoms with Crippen LogP contribution in [0.2, 0.25) is 0 Å². The van der Waals surface area contributed by atoms with Crippen LogP contribution >= 0.6 is 0 Å². The van der Waals surface area contributed by atoms with E-state index in [-0.39, 0.29) is 31.1 Å². The molecule has 0 aliphatic heterocycles. The van der Waals surface area contributed by atoms with E-state index < -0.39 is 6.10 Å². The van der Waals surface area contributed by atoms with Crippen LogP contribution in [0.25, 0.3) is 0 Å². The number of hydrogen-bond donors (Lipinski definition) is 0. The Balaban J connectivity index is 4.42. The van der Waals surface area contributed by atoms with E-state index in [0.29, 0.717) is 19.3 Å². The summed E-state index contributed by atoms with van der Waals surface area (Å²) in [6.45, 7) is 6.54. The number of rotatable bonds is 60. The predicted octanol–water partition coefficient (Wildman–Crippen LogP) is 22.8. The van der Waals surface area contributed by atoms with E-state index >= 15 is 0 Å². The first-order valence-electron chi connectivity index (χ1n) is 33.2. The van der Waals surface area contributed by atoms with Crippen LogP contribution in [0.4, 0.5) is 0 Å². The first-order valence-corrected chi connectivity index (χ1v) is 33.2. The molecule has 0 saturated carbocycles. The van der Waals surface area contributed by atoms with Gasteiger partial charge in [0.25, 0.3) is 0 Å². The SMILES string of the molecule is CC/C=C\C/C=C\C/C=C\C/C=C\C/C=C\C/C=C\C/C=C\C/C=C\CCCCC(=O)OCC(COC(=O)CCCCCCCCCCCCCCCCCC)OC(=O)CCCCCCCCCCCCCCCCCCC. The van der Waals surface area contributed by atoms with Crippen molar-refractivity contribution in [1.82, 2.24) is 0 Å². The highest BCUT2D eigenvalue weighted by Gasteiger charge is 2.19. The largest absolute Gasteiger partial charge is 0.462 e. The summed E-state index contributed by atoms with van der Waals surface area (Å²) in [5.41, 5.74) is 0. The Morgan fingerprint density at radius 2 is 0.500 bits per heavy atom. The average Bonchev–Trinajstić information content (AvgIpc) is 3.44. The fraction of sp³-hybridized carbons (Fsp3) is 0.736. The smallest absolute Gasteiger partial charge is 0.306 e. The molecule has 0 saturated heterocycles. The van der Waals surface area contributed by atoms with Crippen molar-refractivity contribution in [2.24, 2.45) is 0 Å². The maximum atomic E-state index is 12.9. The lowest BCUT2D eigenvalue weighted by molar-refractivity contribution is -0.167. The van der Waals surface area contributed by atoms with Crippen molar-refractivity contribution in [2.45, 2.75) is 329 Å². The highest BCUT2D eigenvalue weighted by molar-refractivity contribution is 5.71. The van der Waals surface area contributed by atoms with E-state index in [1.165, 1.54) is 173 Å². The highest BCUT2D eigenvalue weighted by atomic mass is 16.6. The summed E-state index contributed by atoms with van der Waals surface area (Å²) >= 11 is 0. The molecule has 78 heavy (non-hydrogen) atoms. The Bertz CT molecular complexity index is 1530. The summed E-state index contributed by atoms with van der Waals surface area (Å²) in [4.78, 5) is 38.4. The molecule has 0 spiro atoms. The van der Waals surface area contributed by atoms with Crippen molar-refractivity contribution in [3.63, 3.8) is 0 Å². The average molecular weight is 1090 g/mol. The van der Waals surface area contributed by atoms with Gasteiger partial charge in [-0.25, -0.2) is 0 Å². The molecule has 448 valence electrons. The number of carbonyl (C=O) groups excluding carboxylic acids is 3. The summed E-state index contributed by atoms with van der Waals surface area (Å²) in [7, 11) is 0. The van der Waals surface area contributed by atoms with E-state index in [2.05, 4.69) is 118 Å². The molecule has 0 aliphatic carbocycles. The van der Waals surface area contributed by atoms with Crippen molar-refractivity contribution in [2.75, 3.05) is 13.2 Å². The predicted molar refractivity (Wildman–Crippen MR) is 339 cm³/mol. The molecule has 0 fully saturated rings. The zero-order valence-electron chi connectivity index (χ0n) is 51.4. The molecule has 1 atom stereocenters. The lowest BCUT2D eigenvalue weighted by Gasteiger charge is -2.18. The molecule has 6 nitrogen and oxygen atoms in total. The third-order valence-corrected chi connectivity index (χ3v) is 14.4. The molecule has 0 aromatic rings. The van der Waals surface area contributed by atoms with Gasteiger partial charge in [-0.05, 0) is 83.5 Å². The molecule has 1 unspecified atom stereocenters. The van der Waals surface area contributed by atoms with Crippen LogP contribution in [-0.4, -0.2) is 37.2 Å². The summed E-state index contributed by atoms with van der Waals surface area (Å²) < 4.78 is 16.9. The third kappa shape index (κ3) is 63.2. The molecule has 0 N–H and O–H groups in total. The van der Waals surface area contributed by atoms with Gasteiger partial charge in [0, 0.05) is 19.3 Å². The standard InChI is InChI=1S/C72H124O6/c1-4-7-10-13-16-19-22-25-28-31-32-33-34-35-36-37-38-39-40-42-44-47-50-53-56-59-62-65-71(74)77-68-69(67-76-70(73)64-61-58-55-52-49-46-43-30-27-24-21-18-15-12-9-6-3)78-72(75)66-63-60-57-54-51-48-45-41-29-26-23-20-17-14-11-8-5-2/h7,10,16,19,25,28,32-33,35-36,38-39,42,44,50,53,69H,4-6,8-9,11-15,17-18,20-24,26-27,29-31,34,37,40-41,43,45-49,51-52,54-68H2,1-3H3/b10-7-,19-16-,28-25-,33-32-,36-35-,39-38-,44-42-,53-50-. The van der Waals surface area contributed by atoms with E-state index in [4.69, 9.17) is 14.2 Å². The quantitative estimate of drug-likeness (QED) is 0.0261. The van der Waals surface area contributed by atoms with Crippen LogP contribution in [0.5, 0.6) is 0 Å². The minimum atomic E-state index is -0.794. The van der Waals surface area contributed by atoms with Gasteiger partial charge in [-0.2, -0.15) is 0 Å². The zero-order valence-corrected chi connectivity index (χ0v) is 51.4. The molecular weight excluding hydrogens is 961 g/mol. The lowest BCUT2D eigenvalue weighted by Crippen LogP contribution is -2.30. The fourth-order valence-electron chi connectivity index (χ4n) is 9.40. The van der Waals surface area contributed by atoms with E-state index in [1.54, 1.807) is 0 Å². The maximum absolute atomic E-state index is 12.9. The second-order valence-electron chi connectivity index (χ2n) is 22.0. The number of ether oxygens (including phenoxy) is 3. The Morgan fingerprint density at radius 1 is 0.269 bits per heavy atom. The van der Waals surface area contributed by atoms with E-state index in [0.717, 1.165) is 109 Å². The zero-order chi connectivity index (χ0) is 56.4. The minimum Gasteiger partial charge on any atom is -0.462 e. The van der Waals surface area contributed by atoms with Crippen LogP contribution in [0, 0.1) is 0 Å². The maximum Gasteiger partial charge on any atom is 0.306 e. The molecule has 6 heteroatoms. The Kier molecular flexibility index (Phi) is 62.7. The lowest BCUT2D eigenvalue weighted by atomic mass is 10.0. The van der Waals surface area contributed by atoms with Gasteiger partial charge in [0.2, 0.25) is 0 Å². The van der Waals surface area contributed by atoms with Gasteiger partial charge in [-0.3, -0.25) is 14.4 Å². The summed E-state index contributed by atoms with van der Waals surface area (Å²) in [6.07, 6.45) is 88.4. The molecular formula is C72H124O6. The molecule has 0 aromatic carbocycles. The minimum absolute atomic E-state index is 0.0869. The fourth-order valence-corrected chi connectivity index (χ4v) is 9.40. The summed E-state index contributed by atoms with van der Waals surface area (Å²) in [5, 5.41) is 0. The second kappa shape index (κ2) is 65.8. The highest BCUT2D eigenvalue weighted by Crippen LogP contribution is 2.17. The van der Waals surface area contributed by atoms with E-state index in [9.17, 15) is 14.4 Å². The Hall–Kier alpha value is -3.67. The van der Waals surface area contributed by atoms with Gasteiger partial charge in [-0.1, -0.05) is 317 Å². The van der Waals surface area contributed by atoms with Crippen LogP contribution in [0.1, 0.15) is 323 Å². The van der Waals surface area contributed by atoms with E-state index in [1.807, 2.05) is 0 Å². The van der Waals surface area contributed by atoms with Crippen LogP contribution in [0.15, 0.2) is 97.2 Å². The molecule has 0 aliphatic rings. The first kappa shape index (κ1) is 74.3. The summed E-state index contributed by atoms with van der Waals surface area (Å²) in [5.74, 6) is -0.916. The van der Waals surface area contributed by atoms with Gasteiger partial charge in [0.1, 0.15) is 13.2 Å². The van der Waals surface area contributed by atoms with Crippen molar-refractivity contribution in [3.05, 3.63) is 97.2 Å². The number of allylic oxidation sites excluding steroid dienone is 16. The first-order chi connectivity index (χ1) is 38.5. The monoisotopic (exact) mass is 1080 g/mol. The normalized spacial score (nSPS) is 12.7. The van der Waals surface area contributed by atoms with Crippen LogP contribution in [-0.2, 0) is 28.6 Å². The molecule has 0 aromatic heterocycles. The van der Waals surface area contributed by atoms with Crippen molar-refractivity contribution >= 4 is 17.9 Å². The molecule has 0 amide bonds.